The summed E-state index contributed by atoms with van der Waals surface area (Å²) in [4.78, 5) is 12.2. The Morgan fingerprint density at radius 2 is 1.72 bits per heavy atom. The van der Waals surface area contributed by atoms with Crippen molar-refractivity contribution < 1.29 is 14.3 Å². The zero-order valence-corrected chi connectivity index (χ0v) is 14.4. The van der Waals surface area contributed by atoms with E-state index in [1.54, 1.807) is 49.6 Å². The zero-order chi connectivity index (χ0) is 18.2. The first-order valence-corrected chi connectivity index (χ1v) is 7.61. The molecule has 0 heterocycles. The number of carbonyl (C=O) groups excluding carboxylic acids is 1. The second kappa shape index (κ2) is 8.62. The van der Waals surface area contributed by atoms with Crippen LogP contribution in [0, 0.1) is 11.3 Å². The van der Waals surface area contributed by atoms with Gasteiger partial charge in [-0.15, -0.1) is 0 Å². The molecular formula is C18H16ClN3O3. The fourth-order valence-electron chi connectivity index (χ4n) is 1.96. The van der Waals surface area contributed by atoms with Crippen LogP contribution in [0.15, 0.2) is 54.2 Å². The highest BCUT2D eigenvalue weighted by Gasteiger charge is 2.10. The van der Waals surface area contributed by atoms with Gasteiger partial charge in [-0.3, -0.25) is 4.79 Å². The first-order chi connectivity index (χ1) is 12.1. The predicted octanol–water partition coefficient (Wildman–Crippen LogP) is 3.82. The van der Waals surface area contributed by atoms with Gasteiger partial charge in [-0.1, -0.05) is 11.6 Å². The van der Waals surface area contributed by atoms with E-state index in [1.807, 2.05) is 6.07 Å². The van der Waals surface area contributed by atoms with Gasteiger partial charge in [0.15, 0.2) is 11.5 Å². The smallest absolute Gasteiger partial charge is 0.267 e. The molecule has 0 saturated carbocycles. The van der Waals surface area contributed by atoms with Gasteiger partial charge in [0.2, 0.25) is 0 Å². The van der Waals surface area contributed by atoms with Crippen LogP contribution in [0.5, 0.6) is 11.5 Å². The van der Waals surface area contributed by atoms with E-state index in [-0.39, 0.29) is 5.57 Å². The summed E-state index contributed by atoms with van der Waals surface area (Å²) < 4.78 is 10.4. The number of carbonyl (C=O) groups is 1. The van der Waals surface area contributed by atoms with E-state index < -0.39 is 5.91 Å². The van der Waals surface area contributed by atoms with Crippen molar-refractivity contribution >= 4 is 28.9 Å². The third-order valence-electron chi connectivity index (χ3n) is 3.23. The Balaban J connectivity index is 2.10. The number of halogens is 1. The van der Waals surface area contributed by atoms with Gasteiger partial charge in [0.25, 0.3) is 5.91 Å². The standard InChI is InChI=1S/C18H16ClN3O3/c1-24-16-8-7-15(9-17(16)25-2)21-11-12(10-20)18(23)22-14-5-3-13(19)4-6-14/h3-9,11,21H,1-2H3,(H,22,23)/b12-11-. The number of ether oxygens (including phenoxy) is 2. The van der Waals surface area contributed by atoms with Crippen molar-refractivity contribution in [3.05, 3.63) is 59.3 Å². The van der Waals surface area contributed by atoms with Gasteiger partial charge in [0.05, 0.1) is 14.2 Å². The van der Waals surface area contributed by atoms with Gasteiger partial charge in [0.1, 0.15) is 11.6 Å². The summed E-state index contributed by atoms with van der Waals surface area (Å²) in [5.74, 6) is 0.584. The molecule has 0 spiro atoms. The molecule has 0 aliphatic heterocycles. The number of rotatable bonds is 6. The van der Waals surface area contributed by atoms with Gasteiger partial charge < -0.3 is 20.1 Å². The summed E-state index contributed by atoms with van der Waals surface area (Å²) in [6, 6.07) is 13.6. The van der Waals surface area contributed by atoms with Crippen molar-refractivity contribution in [3.8, 4) is 17.6 Å². The third-order valence-corrected chi connectivity index (χ3v) is 3.49. The van der Waals surface area contributed by atoms with Gasteiger partial charge in [0, 0.05) is 28.7 Å². The van der Waals surface area contributed by atoms with Gasteiger partial charge >= 0.3 is 0 Å². The number of anilines is 2. The maximum atomic E-state index is 12.2. The molecule has 1 amide bonds. The first-order valence-electron chi connectivity index (χ1n) is 7.23. The lowest BCUT2D eigenvalue weighted by atomic mass is 10.2. The Morgan fingerprint density at radius 3 is 2.32 bits per heavy atom. The SMILES string of the molecule is COc1ccc(N/C=C(/C#N)C(=O)Nc2ccc(Cl)cc2)cc1OC. The Kier molecular flexibility index (Phi) is 6.26. The Bertz CT molecular complexity index is 826. The predicted molar refractivity (Wildman–Crippen MR) is 96.9 cm³/mol. The van der Waals surface area contributed by atoms with Crippen molar-refractivity contribution in [2.45, 2.75) is 0 Å². The largest absolute Gasteiger partial charge is 0.493 e. The van der Waals surface area contributed by atoms with Gasteiger partial charge in [-0.2, -0.15) is 5.26 Å². The fourth-order valence-corrected chi connectivity index (χ4v) is 2.09. The molecule has 0 saturated heterocycles. The number of nitrogens with one attached hydrogen (secondary N) is 2. The topological polar surface area (TPSA) is 83.4 Å². The summed E-state index contributed by atoms with van der Waals surface area (Å²) in [5.41, 5.74) is 1.11. The van der Waals surface area contributed by atoms with E-state index in [0.717, 1.165) is 0 Å². The number of hydrogen-bond acceptors (Lipinski definition) is 5. The number of hydrogen-bond donors (Lipinski definition) is 2. The summed E-state index contributed by atoms with van der Waals surface area (Å²) in [7, 11) is 3.07. The van der Waals surface area contributed by atoms with E-state index in [4.69, 9.17) is 21.1 Å². The highest BCUT2D eigenvalue weighted by molar-refractivity contribution is 6.30. The molecule has 2 N–H and O–H groups in total. The van der Waals surface area contributed by atoms with Crippen LogP contribution in [0.4, 0.5) is 11.4 Å². The van der Waals surface area contributed by atoms with Crippen molar-refractivity contribution in [2.75, 3.05) is 24.9 Å². The van der Waals surface area contributed by atoms with Crippen LogP contribution in [0.25, 0.3) is 0 Å². The zero-order valence-electron chi connectivity index (χ0n) is 13.7. The average Bonchev–Trinajstić information content (AvgIpc) is 2.63. The number of methoxy groups -OCH3 is 2. The van der Waals surface area contributed by atoms with Crippen molar-refractivity contribution in [1.29, 1.82) is 5.26 Å². The molecule has 0 fully saturated rings. The van der Waals surface area contributed by atoms with Gasteiger partial charge in [-0.25, -0.2) is 0 Å². The second-order valence-corrected chi connectivity index (χ2v) is 5.28. The molecule has 0 aliphatic carbocycles. The lowest BCUT2D eigenvalue weighted by Gasteiger charge is -2.09. The van der Waals surface area contributed by atoms with Crippen LogP contribution >= 0.6 is 11.6 Å². The normalized spacial score (nSPS) is 10.6. The summed E-state index contributed by atoms with van der Waals surface area (Å²) in [6.45, 7) is 0. The van der Waals surface area contributed by atoms with Crippen molar-refractivity contribution in [2.24, 2.45) is 0 Å². The van der Waals surface area contributed by atoms with Crippen molar-refractivity contribution in [3.63, 3.8) is 0 Å². The Hall–Kier alpha value is -3.17. The Morgan fingerprint density at radius 1 is 1.08 bits per heavy atom. The molecule has 7 heteroatoms. The van der Waals surface area contributed by atoms with E-state index in [0.29, 0.717) is 27.9 Å². The molecule has 25 heavy (non-hydrogen) atoms. The molecule has 0 bridgehead atoms. The Labute approximate surface area is 150 Å². The minimum atomic E-state index is -0.530. The lowest BCUT2D eigenvalue weighted by Crippen LogP contribution is -2.14. The molecular weight excluding hydrogens is 342 g/mol. The van der Waals surface area contributed by atoms with E-state index in [1.165, 1.54) is 13.3 Å². The average molecular weight is 358 g/mol. The molecule has 6 nitrogen and oxygen atoms in total. The van der Waals surface area contributed by atoms with Gasteiger partial charge in [-0.05, 0) is 36.4 Å². The maximum absolute atomic E-state index is 12.2. The van der Waals surface area contributed by atoms with E-state index in [2.05, 4.69) is 10.6 Å². The van der Waals surface area contributed by atoms with Crippen LogP contribution in [0.2, 0.25) is 5.02 Å². The van der Waals surface area contributed by atoms with Crippen LogP contribution in [0.1, 0.15) is 0 Å². The monoisotopic (exact) mass is 357 g/mol. The van der Waals surface area contributed by atoms with E-state index >= 15 is 0 Å². The van der Waals surface area contributed by atoms with E-state index in [9.17, 15) is 10.1 Å². The second-order valence-electron chi connectivity index (χ2n) is 4.84. The van der Waals surface area contributed by atoms with Crippen molar-refractivity contribution in [1.82, 2.24) is 0 Å². The molecule has 0 unspecified atom stereocenters. The fraction of sp³-hybridized carbons (Fsp3) is 0.111. The minimum absolute atomic E-state index is 0.0789. The molecule has 2 rings (SSSR count). The molecule has 0 radical (unpaired) electrons. The summed E-state index contributed by atoms with van der Waals surface area (Å²) >= 11 is 5.80. The molecule has 2 aromatic rings. The van der Waals surface area contributed by atoms with Crippen LogP contribution in [-0.4, -0.2) is 20.1 Å². The third kappa shape index (κ3) is 4.90. The minimum Gasteiger partial charge on any atom is -0.493 e. The summed E-state index contributed by atoms with van der Waals surface area (Å²) in [6.07, 6.45) is 1.33. The van der Waals surface area contributed by atoms with Crippen LogP contribution in [-0.2, 0) is 4.79 Å². The molecule has 0 atom stereocenters. The number of benzene rings is 2. The highest BCUT2D eigenvalue weighted by Crippen LogP contribution is 2.29. The quantitative estimate of drug-likeness (QED) is 0.606. The molecule has 128 valence electrons. The first kappa shape index (κ1) is 18.2. The molecule has 0 aromatic heterocycles. The maximum Gasteiger partial charge on any atom is 0.267 e. The number of nitriles is 1. The summed E-state index contributed by atoms with van der Waals surface area (Å²) in [5, 5.41) is 15.3. The van der Waals surface area contributed by atoms with Crippen LogP contribution in [0.3, 0.4) is 0 Å². The highest BCUT2D eigenvalue weighted by atomic mass is 35.5. The van der Waals surface area contributed by atoms with Crippen LogP contribution < -0.4 is 20.1 Å². The number of amides is 1. The number of nitrogens with zero attached hydrogens (tertiary/aromatic N) is 1. The molecule has 2 aromatic carbocycles. The lowest BCUT2D eigenvalue weighted by molar-refractivity contribution is -0.112. The molecule has 0 aliphatic rings.